The molecular formula is C19H26N6O3S2. The standard InChI is InChI=1S/C19H26N6O3S2/c1-13-20-21-17(29-13)25-16-12-14(30(27,28)22-19(2)8-9-19)6-7-15(16)24(18(25)26)11-5-10-23(3)4/h6-7,12,22H,5,8-11H2,1-4H3. The summed E-state index contributed by atoms with van der Waals surface area (Å²) in [6.07, 6.45) is 2.44. The zero-order valence-electron chi connectivity index (χ0n) is 17.5. The molecule has 9 nitrogen and oxygen atoms in total. The van der Waals surface area contributed by atoms with Gasteiger partial charge < -0.3 is 4.90 Å². The van der Waals surface area contributed by atoms with Gasteiger partial charge in [0.15, 0.2) is 0 Å². The average molecular weight is 451 g/mol. The number of aryl methyl sites for hydroxylation is 2. The van der Waals surface area contributed by atoms with Gasteiger partial charge in [-0.15, -0.1) is 10.2 Å². The van der Waals surface area contributed by atoms with Crippen molar-refractivity contribution in [2.24, 2.45) is 0 Å². The van der Waals surface area contributed by atoms with Gasteiger partial charge in [-0.05, 0) is 71.9 Å². The molecule has 0 saturated heterocycles. The van der Waals surface area contributed by atoms with Crippen LogP contribution in [0.5, 0.6) is 0 Å². The van der Waals surface area contributed by atoms with Crippen LogP contribution in [0.3, 0.4) is 0 Å². The Morgan fingerprint density at radius 3 is 2.57 bits per heavy atom. The summed E-state index contributed by atoms with van der Waals surface area (Å²) in [7, 11) is 0.287. The Morgan fingerprint density at radius 1 is 1.23 bits per heavy atom. The molecule has 1 aliphatic rings. The average Bonchev–Trinajstić information content (AvgIpc) is 3.10. The minimum absolute atomic E-state index is 0.142. The summed E-state index contributed by atoms with van der Waals surface area (Å²) in [4.78, 5) is 15.5. The zero-order valence-corrected chi connectivity index (χ0v) is 19.2. The van der Waals surface area contributed by atoms with E-state index in [4.69, 9.17) is 0 Å². The summed E-state index contributed by atoms with van der Waals surface area (Å²) in [5, 5.41) is 9.32. The third-order valence-corrected chi connectivity index (χ3v) is 7.75. The second-order valence-electron chi connectivity index (χ2n) is 8.35. The van der Waals surface area contributed by atoms with Gasteiger partial charge in [0.05, 0.1) is 15.9 Å². The highest BCUT2D eigenvalue weighted by molar-refractivity contribution is 7.89. The lowest BCUT2D eigenvalue weighted by Gasteiger charge is -2.12. The van der Waals surface area contributed by atoms with E-state index in [1.807, 2.05) is 27.9 Å². The van der Waals surface area contributed by atoms with Crippen LogP contribution in [0.1, 0.15) is 31.2 Å². The van der Waals surface area contributed by atoms with Crippen molar-refractivity contribution >= 4 is 32.4 Å². The number of nitrogens with zero attached hydrogens (tertiary/aromatic N) is 5. The maximum absolute atomic E-state index is 13.3. The molecule has 0 spiro atoms. The number of sulfonamides is 1. The Hall–Kier alpha value is -2.08. The van der Waals surface area contributed by atoms with Gasteiger partial charge >= 0.3 is 5.69 Å². The Bertz CT molecular complexity index is 1250. The second kappa shape index (κ2) is 7.56. The van der Waals surface area contributed by atoms with Crippen molar-refractivity contribution in [2.45, 2.75) is 50.1 Å². The van der Waals surface area contributed by atoms with E-state index in [9.17, 15) is 13.2 Å². The normalized spacial score (nSPS) is 15.9. The fourth-order valence-corrected chi connectivity index (χ4v) is 5.58. The lowest BCUT2D eigenvalue weighted by atomic mass is 10.3. The minimum atomic E-state index is -3.69. The van der Waals surface area contributed by atoms with Crippen molar-refractivity contribution in [3.8, 4) is 5.13 Å². The summed E-state index contributed by atoms with van der Waals surface area (Å²) in [6.45, 7) is 5.08. The van der Waals surface area contributed by atoms with Crippen LogP contribution in [0, 0.1) is 6.92 Å². The monoisotopic (exact) mass is 450 g/mol. The van der Waals surface area contributed by atoms with Crippen LogP contribution in [-0.2, 0) is 16.6 Å². The largest absolute Gasteiger partial charge is 0.335 e. The molecule has 2 heterocycles. The van der Waals surface area contributed by atoms with Gasteiger partial charge in [-0.2, -0.15) is 0 Å². The maximum atomic E-state index is 13.3. The van der Waals surface area contributed by atoms with Crippen molar-refractivity contribution in [2.75, 3.05) is 20.6 Å². The maximum Gasteiger partial charge on any atom is 0.335 e. The molecule has 1 saturated carbocycles. The van der Waals surface area contributed by atoms with Gasteiger partial charge in [0.2, 0.25) is 15.2 Å². The molecule has 0 amide bonds. The molecule has 1 fully saturated rings. The smallest absolute Gasteiger partial charge is 0.309 e. The van der Waals surface area contributed by atoms with Gasteiger partial charge in [-0.1, -0.05) is 11.3 Å². The molecule has 30 heavy (non-hydrogen) atoms. The van der Waals surface area contributed by atoms with Gasteiger partial charge in [0.1, 0.15) is 5.01 Å². The Labute approximate surface area is 179 Å². The number of aromatic nitrogens is 4. The van der Waals surface area contributed by atoms with Crippen LogP contribution < -0.4 is 10.4 Å². The topological polar surface area (TPSA) is 102 Å². The van der Waals surface area contributed by atoms with Crippen molar-refractivity contribution in [1.29, 1.82) is 0 Å². The highest BCUT2D eigenvalue weighted by Crippen LogP contribution is 2.36. The van der Waals surface area contributed by atoms with Crippen LogP contribution in [-0.4, -0.2) is 58.8 Å². The summed E-state index contributed by atoms with van der Waals surface area (Å²) in [5.41, 5.74) is 0.589. The number of benzene rings is 1. The molecule has 11 heteroatoms. The SMILES string of the molecule is Cc1nnc(-n2c(=O)n(CCCN(C)C)c3ccc(S(=O)(=O)NC4(C)CC4)cc32)s1. The molecule has 0 aliphatic heterocycles. The summed E-state index contributed by atoms with van der Waals surface area (Å²) >= 11 is 1.30. The van der Waals surface area contributed by atoms with E-state index in [2.05, 4.69) is 19.8 Å². The van der Waals surface area contributed by atoms with Gasteiger partial charge in [-0.3, -0.25) is 4.57 Å². The molecule has 2 aromatic heterocycles. The first-order valence-corrected chi connectivity index (χ1v) is 12.1. The van der Waals surface area contributed by atoms with E-state index in [1.165, 1.54) is 15.9 Å². The van der Waals surface area contributed by atoms with Crippen molar-refractivity contribution < 1.29 is 8.42 Å². The predicted octanol–water partition coefficient (Wildman–Crippen LogP) is 1.73. The summed E-state index contributed by atoms with van der Waals surface area (Å²) in [5.74, 6) is 0. The first kappa shape index (κ1) is 21.2. The zero-order chi connectivity index (χ0) is 21.7. The van der Waals surface area contributed by atoms with Gasteiger partial charge in [0, 0.05) is 12.1 Å². The Balaban J connectivity index is 1.84. The number of fused-ring (bicyclic) bond motifs is 1. The molecule has 0 atom stereocenters. The van der Waals surface area contributed by atoms with E-state index >= 15 is 0 Å². The lowest BCUT2D eigenvalue weighted by Crippen LogP contribution is -2.34. The molecule has 162 valence electrons. The van der Waals surface area contributed by atoms with E-state index in [1.54, 1.807) is 22.8 Å². The van der Waals surface area contributed by atoms with Gasteiger partial charge in [0.25, 0.3) is 0 Å². The molecule has 0 radical (unpaired) electrons. The predicted molar refractivity (Wildman–Crippen MR) is 117 cm³/mol. The minimum Gasteiger partial charge on any atom is -0.309 e. The highest BCUT2D eigenvalue weighted by atomic mass is 32.2. The third kappa shape index (κ3) is 4.07. The second-order valence-corrected chi connectivity index (χ2v) is 11.2. The Morgan fingerprint density at radius 2 is 1.97 bits per heavy atom. The quantitative estimate of drug-likeness (QED) is 0.561. The van der Waals surface area contributed by atoms with Crippen LogP contribution in [0.4, 0.5) is 0 Å². The number of hydrogen-bond donors (Lipinski definition) is 1. The lowest BCUT2D eigenvalue weighted by molar-refractivity contribution is 0.386. The van der Waals surface area contributed by atoms with E-state index in [-0.39, 0.29) is 16.1 Å². The van der Waals surface area contributed by atoms with Crippen LogP contribution in [0.2, 0.25) is 0 Å². The Kier molecular flexibility index (Phi) is 5.33. The van der Waals surface area contributed by atoms with Crippen molar-refractivity contribution in [3.63, 3.8) is 0 Å². The summed E-state index contributed by atoms with van der Waals surface area (Å²) < 4.78 is 31.7. The third-order valence-electron chi connectivity index (χ3n) is 5.29. The fraction of sp³-hybridized carbons (Fsp3) is 0.526. The molecule has 4 rings (SSSR count). The van der Waals surface area contributed by atoms with Crippen LogP contribution >= 0.6 is 11.3 Å². The molecular weight excluding hydrogens is 424 g/mol. The molecule has 1 N–H and O–H groups in total. The van der Waals surface area contributed by atoms with Crippen LogP contribution in [0.25, 0.3) is 16.2 Å². The number of nitrogens with one attached hydrogen (secondary N) is 1. The van der Waals surface area contributed by atoms with Crippen molar-refractivity contribution in [1.82, 2.24) is 29.0 Å². The number of imidazole rings is 1. The highest BCUT2D eigenvalue weighted by Gasteiger charge is 2.41. The molecule has 1 aliphatic carbocycles. The summed E-state index contributed by atoms with van der Waals surface area (Å²) in [6, 6.07) is 4.83. The van der Waals surface area contributed by atoms with E-state index < -0.39 is 10.0 Å². The molecule has 0 unspecified atom stereocenters. The number of rotatable bonds is 8. The molecule has 0 bridgehead atoms. The van der Waals surface area contributed by atoms with Crippen molar-refractivity contribution in [3.05, 3.63) is 33.7 Å². The van der Waals surface area contributed by atoms with E-state index in [0.717, 1.165) is 30.8 Å². The molecule has 1 aromatic carbocycles. The van der Waals surface area contributed by atoms with E-state index in [0.29, 0.717) is 22.7 Å². The number of hydrogen-bond acceptors (Lipinski definition) is 7. The van der Waals surface area contributed by atoms with Gasteiger partial charge in [-0.25, -0.2) is 22.5 Å². The van der Waals surface area contributed by atoms with Crippen LogP contribution in [0.15, 0.2) is 27.9 Å². The fourth-order valence-electron chi connectivity index (χ4n) is 3.40. The first-order valence-electron chi connectivity index (χ1n) is 9.84. The molecule has 3 aromatic rings. The first-order chi connectivity index (χ1) is 14.1.